The van der Waals surface area contributed by atoms with Gasteiger partial charge in [0.1, 0.15) is 57.3 Å². The molecular formula is C37H34N8O16S3. The molecule has 0 bridgehead atoms. The van der Waals surface area contributed by atoms with E-state index in [1.165, 1.54) is 68.6 Å². The van der Waals surface area contributed by atoms with Crippen molar-refractivity contribution in [1.29, 1.82) is 0 Å². The monoisotopic (exact) mass is 942 g/mol. The average Bonchev–Trinajstić information content (AvgIpc) is 3.53. The molecule has 0 saturated carbocycles. The van der Waals surface area contributed by atoms with Crippen molar-refractivity contribution in [2.45, 2.75) is 21.6 Å². The van der Waals surface area contributed by atoms with Crippen LogP contribution in [0.2, 0.25) is 0 Å². The zero-order chi connectivity index (χ0) is 46.6. The van der Waals surface area contributed by atoms with Crippen LogP contribution in [0.5, 0.6) is 23.0 Å². The smallest absolute Gasteiger partial charge is 0.299 e. The second kappa shape index (κ2) is 18.8. The highest BCUT2D eigenvalue weighted by molar-refractivity contribution is 7.86. The highest BCUT2D eigenvalue weighted by Crippen LogP contribution is 2.45. The summed E-state index contributed by atoms with van der Waals surface area (Å²) in [5, 5.41) is 57.3. The Kier molecular flexibility index (Phi) is 13.7. The number of fused-ring (bicyclic) bond motifs is 1. The molecule has 0 fully saturated rings. The number of phenolic OH excluding ortho intramolecular Hbond substituents is 1. The number of hydrogen-bond acceptors (Lipinski definition) is 19. The van der Waals surface area contributed by atoms with Crippen molar-refractivity contribution in [2.75, 3.05) is 33.5 Å². The number of phenols is 1. The van der Waals surface area contributed by atoms with E-state index in [1.54, 1.807) is 0 Å². The van der Waals surface area contributed by atoms with Gasteiger partial charge < -0.3 is 29.5 Å². The molecular weight excluding hydrogens is 909 g/mol. The Morgan fingerprint density at radius 1 is 0.625 bits per heavy atom. The van der Waals surface area contributed by atoms with Crippen molar-refractivity contribution in [3.63, 3.8) is 0 Å². The minimum atomic E-state index is -5.14. The van der Waals surface area contributed by atoms with E-state index in [-0.39, 0.29) is 85.9 Å². The van der Waals surface area contributed by atoms with Gasteiger partial charge in [-0.2, -0.15) is 35.5 Å². The molecule has 0 atom stereocenters. The van der Waals surface area contributed by atoms with E-state index < -0.39 is 70.4 Å². The van der Waals surface area contributed by atoms with Crippen molar-refractivity contribution in [2.24, 2.45) is 30.7 Å². The molecule has 336 valence electrons. The van der Waals surface area contributed by atoms with Gasteiger partial charge in [-0.15, -0.1) is 20.5 Å². The number of azo groups is 3. The summed E-state index contributed by atoms with van der Waals surface area (Å²) in [5.41, 5.74) is -1.36. The fourth-order valence-electron chi connectivity index (χ4n) is 5.79. The number of aromatic hydroxyl groups is 1. The van der Waals surface area contributed by atoms with Crippen molar-refractivity contribution in [1.82, 2.24) is 9.78 Å². The van der Waals surface area contributed by atoms with E-state index in [4.69, 9.17) is 14.2 Å². The lowest BCUT2D eigenvalue weighted by molar-refractivity contribution is 0.198. The first-order chi connectivity index (χ1) is 30.2. The number of benzene rings is 5. The molecule has 0 spiro atoms. The quantitative estimate of drug-likeness (QED) is 0.0403. The lowest BCUT2D eigenvalue weighted by Crippen LogP contribution is -2.14. The zero-order valence-electron chi connectivity index (χ0n) is 33.0. The van der Waals surface area contributed by atoms with Gasteiger partial charge in [-0.1, -0.05) is 0 Å². The molecule has 0 aliphatic rings. The summed E-state index contributed by atoms with van der Waals surface area (Å²) in [6.45, 7) is -0.0324. The van der Waals surface area contributed by atoms with Crippen LogP contribution in [-0.2, 0) is 30.4 Å². The Balaban J connectivity index is 1.37. The van der Waals surface area contributed by atoms with Crippen LogP contribution in [0, 0.1) is 6.92 Å². The summed E-state index contributed by atoms with van der Waals surface area (Å²) in [5.74, 6) is -1.20. The van der Waals surface area contributed by atoms with Crippen LogP contribution >= 0.6 is 0 Å². The molecule has 0 aliphatic carbocycles. The van der Waals surface area contributed by atoms with Crippen LogP contribution in [0.3, 0.4) is 0 Å². The summed E-state index contributed by atoms with van der Waals surface area (Å²) in [4.78, 5) is 11.3. The molecule has 27 heteroatoms. The molecule has 5 aromatic carbocycles. The summed E-state index contributed by atoms with van der Waals surface area (Å²) < 4.78 is 118. The third-order valence-corrected chi connectivity index (χ3v) is 11.3. The summed E-state index contributed by atoms with van der Waals surface area (Å²) >= 11 is 0. The number of aryl methyl sites for hydroxylation is 1. The Labute approximate surface area is 361 Å². The minimum Gasteiger partial charge on any atom is -0.505 e. The number of nitrogens with zero attached hydrogens (tertiary/aromatic N) is 7. The highest BCUT2D eigenvalue weighted by atomic mass is 32.2. The number of H-pyrrole nitrogens is 1. The van der Waals surface area contributed by atoms with Gasteiger partial charge in [0.2, 0.25) is 0 Å². The van der Waals surface area contributed by atoms with Gasteiger partial charge in [-0.3, -0.25) is 23.6 Å². The predicted octanol–water partition coefficient (Wildman–Crippen LogP) is 6.07. The molecule has 0 aliphatic heterocycles. The second-order valence-electron chi connectivity index (χ2n) is 13.0. The summed E-state index contributed by atoms with van der Waals surface area (Å²) in [7, 11) is -13.1. The molecule has 0 saturated heterocycles. The Morgan fingerprint density at radius 3 is 1.73 bits per heavy atom. The van der Waals surface area contributed by atoms with E-state index >= 15 is 0 Å². The first-order valence-electron chi connectivity index (χ1n) is 18.0. The number of methoxy groups -OCH3 is 1. The van der Waals surface area contributed by atoms with Crippen molar-refractivity contribution in [3.05, 3.63) is 94.9 Å². The number of aromatic nitrogens is 2. The number of ether oxygens (including phenoxy) is 3. The molecule has 0 amide bonds. The van der Waals surface area contributed by atoms with Crippen molar-refractivity contribution < 1.29 is 68.4 Å². The number of aliphatic hydroxyl groups excluding tert-OH is 2. The maximum absolute atomic E-state index is 13.2. The van der Waals surface area contributed by atoms with E-state index in [1.807, 2.05) is 0 Å². The molecule has 1 aromatic heterocycles. The Bertz CT molecular complexity index is 3260. The number of rotatable bonds is 17. The molecule has 7 N–H and O–H groups in total. The van der Waals surface area contributed by atoms with Crippen LogP contribution in [0.15, 0.2) is 129 Å². The highest BCUT2D eigenvalue weighted by Gasteiger charge is 2.24. The van der Waals surface area contributed by atoms with E-state index in [2.05, 4.69) is 35.8 Å². The van der Waals surface area contributed by atoms with Gasteiger partial charge in [-0.25, -0.2) is 4.68 Å². The molecule has 64 heavy (non-hydrogen) atoms. The predicted molar refractivity (Wildman–Crippen MR) is 223 cm³/mol. The topological polar surface area (TPSA) is 363 Å². The maximum atomic E-state index is 13.2. The number of aromatic amines is 1. The van der Waals surface area contributed by atoms with Crippen LogP contribution in [0.4, 0.5) is 34.1 Å². The molecule has 0 unspecified atom stereocenters. The largest absolute Gasteiger partial charge is 0.505 e. The molecule has 1 heterocycles. The Hall–Kier alpha value is -6.98. The van der Waals surface area contributed by atoms with E-state index in [9.17, 15) is 59.0 Å². The standard InChI is InChI=1S/C37H34N8O16S3/c1-20-34(37(49)45(44-20)24-5-7-25(8-6-24)62(50,51)52)42-39-22-3-9-26-21(15-22)16-33(64(56,57)58)35(36(26)48)43-41-28-19-30(60-13-11-46)27(18-31(28)61-14-12-47)40-38-23-4-10-29(59-2)32(17-23)63(53,54)55/h3-10,15-19,44,46-48H,11-14H2,1-2H3,(H,50,51,52)(H,53,54,55)(H,56,57,58). The van der Waals surface area contributed by atoms with Crippen LogP contribution in [0.1, 0.15) is 5.69 Å². The molecule has 0 radical (unpaired) electrons. The van der Waals surface area contributed by atoms with Gasteiger partial charge >= 0.3 is 0 Å². The second-order valence-corrected chi connectivity index (χ2v) is 17.2. The molecule has 24 nitrogen and oxygen atoms in total. The first-order valence-corrected chi connectivity index (χ1v) is 22.3. The molecule has 6 aromatic rings. The zero-order valence-corrected chi connectivity index (χ0v) is 35.4. The average molecular weight is 943 g/mol. The number of nitrogens with one attached hydrogen (secondary N) is 1. The normalized spacial score (nSPS) is 12.5. The third kappa shape index (κ3) is 10.4. The third-order valence-electron chi connectivity index (χ3n) is 8.71. The van der Waals surface area contributed by atoms with E-state index in [0.29, 0.717) is 0 Å². The van der Waals surface area contributed by atoms with Gasteiger partial charge in [0.25, 0.3) is 35.9 Å². The fourth-order valence-corrected chi connectivity index (χ4v) is 7.60. The minimum absolute atomic E-state index is 0.00369. The Morgan fingerprint density at radius 2 is 1.17 bits per heavy atom. The summed E-state index contributed by atoms with van der Waals surface area (Å²) in [6, 6.07) is 15.6. The van der Waals surface area contributed by atoms with Crippen molar-refractivity contribution >= 4 is 75.3 Å². The van der Waals surface area contributed by atoms with Crippen molar-refractivity contribution in [3.8, 4) is 28.7 Å². The maximum Gasteiger partial charge on any atom is 0.299 e. The summed E-state index contributed by atoms with van der Waals surface area (Å²) in [6.07, 6.45) is 0. The van der Waals surface area contributed by atoms with Gasteiger partial charge in [0.15, 0.2) is 11.4 Å². The first kappa shape index (κ1) is 46.5. The lowest BCUT2D eigenvalue weighted by Gasteiger charge is -2.13. The van der Waals surface area contributed by atoms with Crippen LogP contribution in [-0.4, -0.2) is 97.5 Å². The lowest BCUT2D eigenvalue weighted by atomic mass is 10.1. The van der Waals surface area contributed by atoms with Gasteiger partial charge in [0, 0.05) is 17.5 Å². The van der Waals surface area contributed by atoms with Crippen LogP contribution < -0.4 is 19.8 Å². The fraction of sp³-hybridized carbons (Fsp3) is 0.162. The van der Waals surface area contributed by atoms with Gasteiger partial charge in [-0.05, 0) is 79.0 Å². The number of hydrogen-bond donors (Lipinski definition) is 7. The van der Waals surface area contributed by atoms with Gasteiger partial charge in [0.05, 0.1) is 48.0 Å². The number of aliphatic hydroxyl groups is 2. The van der Waals surface area contributed by atoms with E-state index in [0.717, 1.165) is 28.9 Å². The molecule has 6 rings (SSSR count). The van der Waals surface area contributed by atoms with Crippen LogP contribution in [0.25, 0.3) is 16.5 Å². The SMILES string of the molecule is COc1ccc(N=Nc2cc(OCCO)c(N=Nc3c(S(=O)(=O)O)cc4cc(N=Nc5c(C)[nH]n(-c6ccc(S(=O)(=O)O)cc6)c5=O)ccc4c3O)cc2OCCO)cc1S(=O)(=O)O.